The van der Waals surface area contributed by atoms with E-state index in [4.69, 9.17) is 27.9 Å². The van der Waals surface area contributed by atoms with E-state index in [-0.39, 0.29) is 18.7 Å². The summed E-state index contributed by atoms with van der Waals surface area (Å²) in [6.45, 7) is 2.72. The molecule has 3 nitrogen and oxygen atoms in total. The van der Waals surface area contributed by atoms with Gasteiger partial charge in [0, 0.05) is 25.8 Å². The van der Waals surface area contributed by atoms with Crippen molar-refractivity contribution in [2.75, 3.05) is 20.3 Å². The van der Waals surface area contributed by atoms with Gasteiger partial charge >= 0.3 is 0 Å². The van der Waals surface area contributed by atoms with Crippen molar-refractivity contribution in [3.05, 3.63) is 33.8 Å². The van der Waals surface area contributed by atoms with Gasteiger partial charge in [-0.1, -0.05) is 29.3 Å². The third kappa shape index (κ3) is 4.75. The number of aliphatic hydroxyl groups is 1. The van der Waals surface area contributed by atoms with E-state index < -0.39 is 0 Å². The molecule has 1 aromatic rings. The molecule has 0 radical (unpaired) electrons. The molecule has 2 unspecified atom stereocenters. The van der Waals surface area contributed by atoms with Crippen LogP contribution in [0.2, 0.25) is 10.0 Å². The van der Waals surface area contributed by atoms with Crippen LogP contribution in [0.4, 0.5) is 0 Å². The molecule has 0 aromatic heterocycles. The zero-order chi connectivity index (χ0) is 13.5. The molecular weight excluding hydrogens is 273 g/mol. The molecule has 5 heteroatoms. The summed E-state index contributed by atoms with van der Waals surface area (Å²) in [5.74, 6) is 0. The first-order valence-corrected chi connectivity index (χ1v) is 6.64. The van der Waals surface area contributed by atoms with Crippen LogP contribution in [0.25, 0.3) is 0 Å². The van der Waals surface area contributed by atoms with Crippen molar-refractivity contribution < 1.29 is 9.84 Å². The van der Waals surface area contributed by atoms with Crippen molar-refractivity contribution in [3.8, 4) is 0 Å². The molecule has 0 aliphatic carbocycles. The molecule has 0 heterocycles. The molecule has 0 bridgehead atoms. The molecule has 102 valence electrons. The highest BCUT2D eigenvalue weighted by Crippen LogP contribution is 2.25. The average molecular weight is 292 g/mol. The van der Waals surface area contributed by atoms with Gasteiger partial charge < -0.3 is 15.2 Å². The van der Waals surface area contributed by atoms with E-state index in [0.717, 1.165) is 12.0 Å². The Bertz CT molecular complexity index is 374. The largest absolute Gasteiger partial charge is 0.395 e. The minimum atomic E-state index is 0.00871. The van der Waals surface area contributed by atoms with Crippen molar-refractivity contribution in [2.24, 2.45) is 0 Å². The Kier molecular flexibility index (Phi) is 6.97. The van der Waals surface area contributed by atoms with Crippen molar-refractivity contribution in [2.45, 2.75) is 25.4 Å². The van der Waals surface area contributed by atoms with E-state index in [1.165, 1.54) is 0 Å². The Morgan fingerprint density at radius 2 is 2.06 bits per heavy atom. The molecule has 0 amide bonds. The summed E-state index contributed by atoms with van der Waals surface area (Å²) < 4.78 is 5.01. The second-order valence-corrected chi connectivity index (χ2v) is 5.04. The van der Waals surface area contributed by atoms with Gasteiger partial charge in [0.15, 0.2) is 0 Å². The van der Waals surface area contributed by atoms with Crippen LogP contribution in [-0.2, 0) is 4.74 Å². The third-order valence-corrected chi connectivity index (χ3v) is 3.56. The minimum Gasteiger partial charge on any atom is -0.395 e. The Morgan fingerprint density at radius 3 is 2.61 bits per heavy atom. The molecule has 2 N–H and O–H groups in total. The van der Waals surface area contributed by atoms with E-state index in [0.29, 0.717) is 16.7 Å². The van der Waals surface area contributed by atoms with E-state index in [2.05, 4.69) is 5.32 Å². The topological polar surface area (TPSA) is 41.5 Å². The number of hydrogen-bond donors (Lipinski definition) is 2. The van der Waals surface area contributed by atoms with Crippen LogP contribution >= 0.6 is 23.2 Å². The number of methoxy groups -OCH3 is 1. The molecule has 0 spiro atoms. The lowest BCUT2D eigenvalue weighted by molar-refractivity contribution is 0.156. The molecular formula is C13H19Cl2NO2. The van der Waals surface area contributed by atoms with Crippen molar-refractivity contribution in [1.82, 2.24) is 5.32 Å². The van der Waals surface area contributed by atoms with Crippen molar-refractivity contribution in [3.63, 3.8) is 0 Å². The van der Waals surface area contributed by atoms with Gasteiger partial charge in [0.05, 0.1) is 16.7 Å². The molecule has 2 atom stereocenters. The summed E-state index contributed by atoms with van der Waals surface area (Å²) in [6.07, 6.45) is 0.763. The fourth-order valence-corrected chi connectivity index (χ4v) is 2.03. The Labute approximate surface area is 118 Å². The summed E-state index contributed by atoms with van der Waals surface area (Å²) in [4.78, 5) is 0. The van der Waals surface area contributed by atoms with E-state index in [9.17, 15) is 5.11 Å². The van der Waals surface area contributed by atoms with Crippen LogP contribution in [0.3, 0.4) is 0 Å². The first-order valence-electron chi connectivity index (χ1n) is 5.89. The van der Waals surface area contributed by atoms with Crippen LogP contribution in [-0.4, -0.2) is 31.5 Å². The molecule has 1 aromatic carbocycles. The number of ether oxygens (including phenoxy) is 1. The van der Waals surface area contributed by atoms with Gasteiger partial charge in [-0.3, -0.25) is 0 Å². The van der Waals surface area contributed by atoms with Gasteiger partial charge in [-0.25, -0.2) is 0 Å². The highest BCUT2D eigenvalue weighted by Gasteiger charge is 2.13. The van der Waals surface area contributed by atoms with Gasteiger partial charge in [0.1, 0.15) is 0 Å². The maximum absolute atomic E-state index is 9.28. The first kappa shape index (κ1) is 15.7. The van der Waals surface area contributed by atoms with E-state index >= 15 is 0 Å². The van der Waals surface area contributed by atoms with Gasteiger partial charge in [-0.05, 0) is 31.0 Å². The third-order valence-electron chi connectivity index (χ3n) is 2.82. The lowest BCUT2D eigenvalue weighted by Gasteiger charge is -2.22. The molecule has 1 rings (SSSR count). The van der Waals surface area contributed by atoms with Gasteiger partial charge in [-0.2, -0.15) is 0 Å². The zero-order valence-electron chi connectivity index (χ0n) is 10.6. The predicted molar refractivity (Wildman–Crippen MR) is 75.4 cm³/mol. The van der Waals surface area contributed by atoms with Crippen LogP contribution < -0.4 is 5.32 Å². The average Bonchev–Trinajstić information content (AvgIpc) is 2.37. The summed E-state index contributed by atoms with van der Waals surface area (Å²) in [5.41, 5.74) is 1.04. The molecule has 18 heavy (non-hydrogen) atoms. The second-order valence-electron chi connectivity index (χ2n) is 4.22. The summed E-state index contributed by atoms with van der Waals surface area (Å²) in [6, 6.07) is 5.65. The quantitative estimate of drug-likeness (QED) is 0.811. The number of rotatable bonds is 7. The normalized spacial score (nSPS) is 14.5. The number of halogens is 2. The first-order chi connectivity index (χ1) is 8.58. The molecule has 0 saturated heterocycles. The van der Waals surface area contributed by atoms with Crippen LogP contribution in [0.5, 0.6) is 0 Å². The number of benzene rings is 1. The van der Waals surface area contributed by atoms with Crippen LogP contribution in [0.1, 0.15) is 24.9 Å². The number of nitrogens with one attached hydrogen (secondary N) is 1. The maximum Gasteiger partial charge on any atom is 0.0595 e. The second kappa shape index (κ2) is 7.97. The lowest BCUT2D eigenvalue weighted by atomic mass is 10.1. The van der Waals surface area contributed by atoms with Crippen molar-refractivity contribution >= 4 is 23.2 Å². The molecule has 0 saturated carbocycles. The summed E-state index contributed by atoms with van der Waals surface area (Å²) >= 11 is 11.9. The monoisotopic (exact) mass is 291 g/mol. The molecule has 0 fully saturated rings. The predicted octanol–water partition coefficient (Wildman–Crippen LogP) is 3.04. The number of aliphatic hydroxyl groups excluding tert-OH is 1. The van der Waals surface area contributed by atoms with Gasteiger partial charge in [-0.15, -0.1) is 0 Å². The Balaban J connectivity index is 2.62. The van der Waals surface area contributed by atoms with E-state index in [1.54, 1.807) is 13.2 Å². The molecule has 0 aliphatic heterocycles. The minimum absolute atomic E-state index is 0.00871. The highest BCUT2D eigenvalue weighted by molar-refractivity contribution is 6.42. The fraction of sp³-hybridized carbons (Fsp3) is 0.538. The zero-order valence-corrected chi connectivity index (χ0v) is 12.1. The van der Waals surface area contributed by atoms with Crippen LogP contribution in [0.15, 0.2) is 18.2 Å². The standard InChI is InChI=1S/C13H19Cl2NO2/c1-9(16-11(8-17)5-6-18-2)10-3-4-12(14)13(15)7-10/h3-4,7,9,11,16-17H,5-6,8H2,1-2H3. The summed E-state index contributed by atoms with van der Waals surface area (Å²) in [5, 5.41) is 13.7. The van der Waals surface area contributed by atoms with Gasteiger partial charge in [0.25, 0.3) is 0 Å². The summed E-state index contributed by atoms with van der Waals surface area (Å²) in [7, 11) is 1.65. The lowest BCUT2D eigenvalue weighted by Crippen LogP contribution is -2.35. The fourth-order valence-electron chi connectivity index (χ4n) is 1.72. The van der Waals surface area contributed by atoms with Crippen molar-refractivity contribution in [1.29, 1.82) is 0 Å². The highest BCUT2D eigenvalue weighted by atomic mass is 35.5. The van der Waals surface area contributed by atoms with Gasteiger partial charge in [0.2, 0.25) is 0 Å². The smallest absolute Gasteiger partial charge is 0.0595 e. The van der Waals surface area contributed by atoms with Crippen LogP contribution in [0, 0.1) is 0 Å². The molecule has 0 aliphatic rings. The Morgan fingerprint density at radius 1 is 1.33 bits per heavy atom. The maximum atomic E-state index is 9.28. The number of hydrogen-bond acceptors (Lipinski definition) is 3. The van der Waals surface area contributed by atoms with E-state index in [1.807, 2.05) is 19.1 Å². The SMILES string of the molecule is COCCC(CO)NC(C)c1ccc(Cl)c(Cl)c1. The Hall–Kier alpha value is -0.320.